The fourth-order valence-corrected chi connectivity index (χ4v) is 2.41. The molecule has 0 N–H and O–H groups in total. The Morgan fingerprint density at radius 2 is 1.43 bits per heavy atom. The smallest absolute Gasteiger partial charge is 0.171 e. The van der Waals surface area contributed by atoms with Crippen LogP contribution in [0.3, 0.4) is 0 Å². The molecule has 0 amide bonds. The van der Waals surface area contributed by atoms with Crippen molar-refractivity contribution >= 4 is 0 Å². The Hall–Kier alpha value is -1.77. The van der Waals surface area contributed by atoms with Gasteiger partial charge in [-0.05, 0) is 35.4 Å². The molecule has 21 heavy (non-hydrogen) atoms. The first-order valence-electron chi connectivity index (χ1n) is 7.18. The Balaban J connectivity index is 1.96. The molecular formula is C18H19F3. The lowest BCUT2D eigenvalue weighted by atomic mass is 9.93. The molecule has 0 bridgehead atoms. The van der Waals surface area contributed by atoms with Gasteiger partial charge in [0.15, 0.2) is 0 Å². The average Bonchev–Trinajstić information content (AvgIpc) is 2.47. The summed E-state index contributed by atoms with van der Waals surface area (Å²) in [4.78, 5) is 0. The molecule has 0 radical (unpaired) electrons. The Morgan fingerprint density at radius 3 is 2.00 bits per heavy atom. The first kappa shape index (κ1) is 15.6. The molecule has 3 heteroatoms. The third kappa shape index (κ3) is 4.92. The molecule has 2 aromatic carbocycles. The van der Waals surface area contributed by atoms with Gasteiger partial charge in [-0.3, -0.25) is 0 Å². The number of hydrogen-bond acceptors (Lipinski definition) is 0. The SMILES string of the molecule is C[C@@H](CCCC(F)(F)F)c1ccc(-c2ccccc2)cc1. The minimum absolute atomic E-state index is 0.150. The van der Waals surface area contributed by atoms with E-state index in [0.717, 1.165) is 16.7 Å². The van der Waals surface area contributed by atoms with Gasteiger partial charge in [0.1, 0.15) is 0 Å². The van der Waals surface area contributed by atoms with E-state index in [0.29, 0.717) is 6.42 Å². The van der Waals surface area contributed by atoms with Crippen molar-refractivity contribution in [2.45, 2.75) is 38.3 Å². The molecule has 0 heterocycles. The second-order valence-corrected chi connectivity index (χ2v) is 5.40. The summed E-state index contributed by atoms with van der Waals surface area (Å²) in [5.41, 5.74) is 3.37. The van der Waals surface area contributed by atoms with Crippen LogP contribution in [0.4, 0.5) is 13.2 Å². The van der Waals surface area contributed by atoms with E-state index in [1.807, 2.05) is 61.5 Å². The van der Waals surface area contributed by atoms with E-state index in [1.165, 1.54) is 0 Å². The van der Waals surface area contributed by atoms with Gasteiger partial charge in [0, 0.05) is 6.42 Å². The van der Waals surface area contributed by atoms with Gasteiger partial charge in [-0.2, -0.15) is 13.2 Å². The summed E-state index contributed by atoms with van der Waals surface area (Å²) in [6.45, 7) is 1.98. The summed E-state index contributed by atoms with van der Waals surface area (Å²) < 4.78 is 36.4. The van der Waals surface area contributed by atoms with Crippen LogP contribution < -0.4 is 0 Å². The van der Waals surface area contributed by atoms with Crippen LogP contribution >= 0.6 is 0 Å². The first-order chi connectivity index (χ1) is 9.96. The zero-order valence-corrected chi connectivity index (χ0v) is 12.0. The molecule has 0 nitrogen and oxygen atoms in total. The van der Waals surface area contributed by atoms with Crippen LogP contribution in [0, 0.1) is 0 Å². The molecule has 1 atom stereocenters. The second kappa shape index (κ2) is 6.79. The van der Waals surface area contributed by atoms with Gasteiger partial charge in [-0.15, -0.1) is 0 Å². The van der Waals surface area contributed by atoms with E-state index >= 15 is 0 Å². The summed E-state index contributed by atoms with van der Waals surface area (Å²) in [6, 6.07) is 18.1. The highest BCUT2D eigenvalue weighted by molar-refractivity contribution is 5.63. The molecule has 0 fully saturated rings. The minimum Gasteiger partial charge on any atom is -0.171 e. The van der Waals surface area contributed by atoms with Crippen LogP contribution in [0.1, 0.15) is 37.7 Å². The van der Waals surface area contributed by atoms with Crippen LogP contribution in [0.15, 0.2) is 54.6 Å². The topological polar surface area (TPSA) is 0 Å². The Kier molecular flexibility index (Phi) is 5.05. The number of benzene rings is 2. The van der Waals surface area contributed by atoms with Gasteiger partial charge in [0.25, 0.3) is 0 Å². The van der Waals surface area contributed by atoms with Gasteiger partial charge < -0.3 is 0 Å². The lowest BCUT2D eigenvalue weighted by molar-refractivity contribution is -0.135. The predicted octanol–water partition coefficient (Wildman–Crippen LogP) is 6.19. The Bertz CT molecular complexity index is 541. The lowest BCUT2D eigenvalue weighted by Crippen LogP contribution is -2.07. The molecule has 0 spiro atoms. The number of alkyl halides is 3. The van der Waals surface area contributed by atoms with Crippen molar-refractivity contribution in [3.63, 3.8) is 0 Å². The standard InChI is InChI=1S/C18H19F3/c1-14(6-5-13-18(19,20)21)15-9-11-17(12-10-15)16-7-3-2-4-8-16/h2-4,7-12,14H,5-6,13H2,1H3/t14-/m0/s1. The highest BCUT2D eigenvalue weighted by atomic mass is 19.4. The average molecular weight is 292 g/mol. The van der Waals surface area contributed by atoms with Gasteiger partial charge >= 0.3 is 6.18 Å². The predicted molar refractivity (Wildman–Crippen MR) is 80.2 cm³/mol. The van der Waals surface area contributed by atoms with E-state index in [-0.39, 0.29) is 12.3 Å². The highest BCUT2D eigenvalue weighted by Gasteiger charge is 2.26. The normalized spacial score (nSPS) is 13.1. The molecule has 0 aliphatic carbocycles. The molecule has 0 aromatic heterocycles. The van der Waals surface area contributed by atoms with Gasteiger partial charge in [-0.25, -0.2) is 0 Å². The van der Waals surface area contributed by atoms with Crippen LogP contribution in [-0.4, -0.2) is 6.18 Å². The Labute approximate surface area is 123 Å². The van der Waals surface area contributed by atoms with Crippen LogP contribution in [0.25, 0.3) is 11.1 Å². The summed E-state index contributed by atoms with van der Waals surface area (Å²) in [5.74, 6) is 0.150. The van der Waals surface area contributed by atoms with Crippen molar-refractivity contribution in [1.82, 2.24) is 0 Å². The zero-order valence-electron chi connectivity index (χ0n) is 12.0. The largest absolute Gasteiger partial charge is 0.389 e. The fourth-order valence-electron chi connectivity index (χ4n) is 2.41. The molecule has 0 aliphatic rings. The molecule has 0 unspecified atom stereocenters. The lowest BCUT2D eigenvalue weighted by Gasteiger charge is -2.13. The quantitative estimate of drug-likeness (QED) is 0.616. The van der Waals surface area contributed by atoms with Crippen molar-refractivity contribution < 1.29 is 13.2 Å². The van der Waals surface area contributed by atoms with Crippen molar-refractivity contribution in [3.05, 3.63) is 60.2 Å². The monoisotopic (exact) mass is 292 g/mol. The van der Waals surface area contributed by atoms with E-state index in [9.17, 15) is 13.2 Å². The van der Waals surface area contributed by atoms with Crippen LogP contribution in [-0.2, 0) is 0 Å². The maximum Gasteiger partial charge on any atom is 0.389 e. The van der Waals surface area contributed by atoms with E-state index in [2.05, 4.69) is 0 Å². The van der Waals surface area contributed by atoms with E-state index in [1.54, 1.807) is 0 Å². The van der Waals surface area contributed by atoms with Crippen molar-refractivity contribution in [2.24, 2.45) is 0 Å². The van der Waals surface area contributed by atoms with Crippen molar-refractivity contribution in [3.8, 4) is 11.1 Å². The van der Waals surface area contributed by atoms with Gasteiger partial charge in [-0.1, -0.05) is 61.5 Å². The zero-order chi connectivity index (χ0) is 15.3. The van der Waals surface area contributed by atoms with Gasteiger partial charge in [0.2, 0.25) is 0 Å². The molecule has 0 saturated heterocycles. The molecule has 112 valence electrons. The molecular weight excluding hydrogens is 273 g/mol. The third-order valence-corrected chi connectivity index (χ3v) is 3.68. The minimum atomic E-state index is -4.04. The maximum absolute atomic E-state index is 12.1. The van der Waals surface area contributed by atoms with Crippen molar-refractivity contribution in [1.29, 1.82) is 0 Å². The number of rotatable bonds is 5. The summed E-state index contributed by atoms with van der Waals surface area (Å²) >= 11 is 0. The number of halogens is 3. The van der Waals surface area contributed by atoms with Crippen LogP contribution in [0.2, 0.25) is 0 Å². The summed E-state index contributed by atoms with van der Waals surface area (Å²) in [6.07, 6.45) is -3.99. The van der Waals surface area contributed by atoms with Gasteiger partial charge in [0.05, 0.1) is 0 Å². The first-order valence-corrected chi connectivity index (χ1v) is 7.18. The molecule has 2 rings (SSSR count). The third-order valence-electron chi connectivity index (χ3n) is 3.68. The van der Waals surface area contributed by atoms with E-state index in [4.69, 9.17) is 0 Å². The second-order valence-electron chi connectivity index (χ2n) is 5.40. The van der Waals surface area contributed by atoms with E-state index < -0.39 is 12.6 Å². The Morgan fingerprint density at radius 1 is 0.857 bits per heavy atom. The number of hydrogen-bond donors (Lipinski definition) is 0. The van der Waals surface area contributed by atoms with Crippen LogP contribution in [0.5, 0.6) is 0 Å². The highest BCUT2D eigenvalue weighted by Crippen LogP contribution is 2.28. The fraction of sp³-hybridized carbons (Fsp3) is 0.333. The summed E-state index contributed by atoms with van der Waals surface area (Å²) in [5, 5.41) is 0. The molecule has 0 saturated carbocycles. The molecule has 2 aromatic rings. The van der Waals surface area contributed by atoms with Crippen molar-refractivity contribution in [2.75, 3.05) is 0 Å². The molecule has 0 aliphatic heterocycles. The maximum atomic E-state index is 12.1. The summed E-state index contributed by atoms with van der Waals surface area (Å²) in [7, 11) is 0.